The molecule has 0 aliphatic carbocycles. The SMILES string of the molecule is Nc1ccncc1CC(O)c1c(Cl)cccc1Cl. The van der Waals surface area contributed by atoms with E-state index >= 15 is 0 Å². The Hall–Kier alpha value is -1.29. The number of nitrogens with two attached hydrogens (primary N) is 1. The number of hydrogen-bond donors (Lipinski definition) is 2. The second-order valence-corrected chi connectivity index (χ2v) is 4.74. The molecular formula is C13H12Cl2N2O. The fraction of sp³-hybridized carbons (Fsp3) is 0.154. The van der Waals surface area contributed by atoms with Crippen molar-refractivity contribution in [3.05, 3.63) is 57.8 Å². The number of hydrogen-bond acceptors (Lipinski definition) is 3. The Labute approximate surface area is 115 Å². The van der Waals surface area contributed by atoms with Gasteiger partial charge in [0.25, 0.3) is 0 Å². The van der Waals surface area contributed by atoms with Gasteiger partial charge >= 0.3 is 0 Å². The summed E-state index contributed by atoms with van der Waals surface area (Å²) in [4.78, 5) is 3.98. The first kappa shape index (κ1) is 13.1. The van der Waals surface area contributed by atoms with Crippen LogP contribution in [0.2, 0.25) is 10.0 Å². The summed E-state index contributed by atoms with van der Waals surface area (Å²) in [5.74, 6) is 0. The molecule has 0 bridgehead atoms. The second-order valence-electron chi connectivity index (χ2n) is 3.93. The Morgan fingerprint density at radius 1 is 1.22 bits per heavy atom. The lowest BCUT2D eigenvalue weighted by Crippen LogP contribution is -2.06. The number of aliphatic hydroxyl groups is 1. The zero-order valence-corrected chi connectivity index (χ0v) is 11.0. The summed E-state index contributed by atoms with van der Waals surface area (Å²) in [7, 11) is 0. The summed E-state index contributed by atoms with van der Waals surface area (Å²) < 4.78 is 0. The Bertz CT molecular complexity index is 540. The average molecular weight is 283 g/mol. The molecule has 5 heteroatoms. The minimum Gasteiger partial charge on any atom is -0.398 e. The minimum atomic E-state index is -0.808. The van der Waals surface area contributed by atoms with Crippen LogP contribution in [0.15, 0.2) is 36.7 Å². The van der Waals surface area contributed by atoms with E-state index in [1.165, 1.54) is 0 Å². The van der Waals surface area contributed by atoms with Crippen LogP contribution in [0.4, 0.5) is 5.69 Å². The lowest BCUT2D eigenvalue weighted by molar-refractivity contribution is 0.179. The predicted molar refractivity (Wildman–Crippen MR) is 73.8 cm³/mol. The number of rotatable bonds is 3. The van der Waals surface area contributed by atoms with Gasteiger partial charge in [0.15, 0.2) is 0 Å². The minimum absolute atomic E-state index is 0.323. The van der Waals surface area contributed by atoms with Crippen molar-refractivity contribution in [2.45, 2.75) is 12.5 Å². The van der Waals surface area contributed by atoms with Crippen molar-refractivity contribution in [3.8, 4) is 0 Å². The predicted octanol–water partition coefficient (Wildman–Crippen LogP) is 3.25. The van der Waals surface area contributed by atoms with E-state index in [2.05, 4.69) is 4.98 Å². The molecule has 1 atom stereocenters. The Morgan fingerprint density at radius 3 is 2.50 bits per heavy atom. The molecule has 1 aromatic heterocycles. The molecule has 3 nitrogen and oxygen atoms in total. The van der Waals surface area contributed by atoms with Crippen LogP contribution in [0.3, 0.4) is 0 Å². The number of pyridine rings is 1. The molecule has 94 valence electrons. The second kappa shape index (κ2) is 5.57. The van der Waals surface area contributed by atoms with Gasteiger partial charge in [-0.3, -0.25) is 4.98 Å². The zero-order chi connectivity index (χ0) is 13.1. The molecule has 3 N–H and O–H groups in total. The topological polar surface area (TPSA) is 59.1 Å². The van der Waals surface area contributed by atoms with E-state index in [1.54, 1.807) is 36.7 Å². The maximum absolute atomic E-state index is 10.2. The molecule has 1 unspecified atom stereocenters. The van der Waals surface area contributed by atoms with Gasteiger partial charge in [-0.2, -0.15) is 0 Å². The van der Waals surface area contributed by atoms with Crippen molar-refractivity contribution in [2.75, 3.05) is 5.73 Å². The van der Waals surface area contributed by atoms with E-state index in [1.807, 2.05) is 0 Å². The number of halogens is 2. The number of aromatic nitrogens is 1. The molecule has 0 aliphatic rings. The van der Waals surface area contributed by atoms with Crippen LogP contribution in [0.1, 0.15) is 17.2 Å². The summed E-state index contributed by atoms with van der Waals surface area (Å²) in [6, 6.07) is 6.81. The van der Waals surface area contributed by atoms with Gasteiger partial charge in [0.2, 0.25) is 0 Å². The van der Waals surface area contributed by atoms with Crippen LogP contribution in [0.5, 0.6) is 0 Å². The largest absolute Gasteiger partial charge is 0.398 e. The van der Waals surface area contributed by atoms with Gasteiger partial charge in [-0.25, -0.2) is 0 Å². The standard InChI is InChI=1S/C13H12Cl2N2O/c14-9-2-1-3-10(15)13(9)12(18)6-8-7-17-5-4-11(8)16/h1-5,7,12,18H,6H2,(H2,16,17). The molecule has 1 heterocycles. The van der Waals surface area contributed by atoms with Crippen molar-refractivity contribution in [1.29, 1.82) is 0 Å². The molecule has 1 aromatic carbocycles. The smallest absolute Gasteiger partial charge is 0.0860 e. The molecular weight excluding hydrogens is 271 g/mol. The van der Waals surface area contributed by atoms with Gasteiger partial charge in [0.05, 0.1) is 6.10 Å². The number of nitrogens with zero attached hydrogens (tertiary/aromatic N) is 1. The number of benzene rings is 1. The fourth-order valence-electron chi connectivity index (χ4n) is 1.75. The number of nitrogen functional groups attached to an aromatic ring is 1. The first-order chi connectivity index (χ1) is 8.59. The van der Waals surface area contributed by atoms with Crippen LogP contribution in [-0.2, 0) is 6.42 Å². The van der Waals surface area contributed by atoms with Crippen molar-refractivity contribution < 1.29 is 5.11 Å². The van der Waals surface area contributed by atoms with Gasteiger partial charge < -0.3 is 10.8 Å². The molecule has 0 spiro atoms. The van der Waals surface area contributed by atoms with Gasteiger partial charge in [-0.1, -0.05) is 29.3 Å². The summed E-state index contributed by atoms with van der Waals surface area (Å²) in [6.45, 7) is 0. The maximum atomic E-state index is 10.2. The van der Waals surface area contributed by atoms with Gasteiger partial charge in [0, 0.05) is 40.1 Å². The molecule has 2 rings (SSSR count). The highest BCUT2D eigenvalue weighted by molar-refractivity contribution is 6.36. The first-order valence-corrected chi connectivity index (χ1v) is 6.15. The lowest BCUT2D eigenvalue weighted by Gasteiger charge is -2.15. The van der Waals surface area contributed by atoms with Crippen LogP contribution < -0.4 is 5.73 Å². The van der Waals surface area contributed by atoms with Crippen molar-refractivity contribution in [1.82, 2.24) is 4.98 Å². The van der Waals surface area contributed by atoms with Gasteiger partial charge in [-0.05, 0) is 23.8 Å². The monoisotopic (exact) mass is 282 g/mol. The molecule has 0 saturated carbocycles. The lowest BCUT2D eigenvalue weighted by atomic mass is 10.0. The number of aliphatic hydroxyl groups excluding tert-OH is 1. The number of anilines is 1. The highest BCUT2D eigenvalue weighted by Gasteiger charge is 2.16. The van der Waals surface area contributed by atoms with E-state index in [4.69, 9.17) is 28.9 Å². The van der Waals surface area contributed by atoms with E-state index < -0.39 is 6.10 Å². The molecule has 0 saturated heterocycles. The third-order valence-corrected chi connectivity index (χ3v) is 3.35. The van der Waals surface area contributed by atoms with E-state index in [0.717, 1.165) is 5.56 Å². The summed E-state index contributed by atoms with van der Waals surface area (Å²) in [5.41, 5.74) is 7.68. The Kier molecular flexibility index (Phi) is 4.07. The van der Waals surface area contributed by atoms with E-state index in [0.29, 0.717) is 27.7 Å². The molecule has 0 amide bonds. The van der Waals surface area contributed by atoms with Crippen LogP contribution >= 0.6 is 23.2 Å². The third-order valence-electron chi connectivity index (χ3n) is 2.69. The highest BCUT2D eigenvalue weighted by Crippen LogP contribution is 2.32. The van der Waals surface area contributed by atoms with Crippen LogP contribution in [0, 0.1) is 0 Å². The third kappa shape index (κ3) is 2.75. The Balaban J connectivity index is 2.28. The maximum Gasteiger partial charge on any atom is 0.0860 e. The normalized spacial score (nSPS) is 12.4. The summed E-state index contributed by atoms with van der Waals surface area (Å²) in [5, 5.41) is 11.1. The molecule has 0 radical (unpaired) electrons. The fourth-order valence-corrected chi connectivity index (χ4v) is 2.40. The molecule has 18 heavy (non-hydrogen) atoms. The zero-order valence-electron chi connectivity index (χ0n) is 9.48. The van der Waals surface area contributed by atoms with E-state index in [-0.39, 0.29) is 0 Å². The Morgan fingerprint density at radius 2 is 1.89 bits per heavy atom. The van der Waals surface area contributed by atoms with Crippen LogP contribution in [-0.4, -0.2) is 10.1 Å². The average Bonchev–Trinajstić information content (AvgIpc) is 2.32. The highest BCUT2D eigenvalue weighted by atomic mass is 35.5. The van der Waals surface area contributed by atoms with Gasteiger partial charge in [0.1, 0.15) is 0 Å². The van der Waals surface area contributed by atoms with Gasteiger partial charge in [-0.15, -0.1) is 0 Å². The molecule has 0 aliphatic heterocycles. The quantitative estimate of drug-likeness (QED) is 0.909. The van der Waals surface area contributed by atoms with Crippen molar-refractivity contribution in [3.63, 3.8) is 0 Å². The summed E-state index contributed by atoms with van der Waals surface area (Å²) in [6.07, 6.45) is 2.75. The first-order valence-electron chi connectivity index (χ1n) is 5.40. The van der Waals surface area contributed by atoms with Crippen molar-refractivity contribution >= 4 is 28.9 Å². The summed E-state index contributed by atoms with van der Waals surface area (Å²) >= 11 is 12.1. The van der Waals surface area contributed by atoms with E-state index in [9.17, 15) is 5.11 Å². The molecule has 0 fully saturated rings. The molecule has 2 aromatic rings. The van der Waals surface area contributed by atoms with Crippen molar-refractivity contribution in [2.24, 2.45) is 0 Å². The van der Waals surface area contributed by atoms with Crippen LogP contribution in [0.25, 0.3) is 0 Å².